The van der Waals surface area contributed by atoms with E-state index < -0.39 is 5.91 Å². The van der Waals surface area contributed by atoms with Crippen molar-refractivity contribution in [1.29, 1.82) is 0 Å². The number of amides is 1. The molecule has 6 rings (SSSR count). The van der Waals surface area contributed by atoms with Crippen molar-refractivity contribution in [1.82, 2.24) is 34.6 Å². The summed E-state index contributed by atoms with van der Waals surface area (Å²) in [5, 5.41) is 8.25. The molecule has 0 aromatic carbocycles. The van der Waals surface area contributed by atoms with E-state index in [1.165, 1.54) is 19.3 Å². The van der Waals surface area contributed by atoms with Crippen LogP contribution >= 0.6 is 0 Å². The second kappa shape index (κ2) is 8.81. The van der Waals surface area contributed by atoms with Crippen molar-refractivity contribution in [2.45, 2.75) is 51.0 Å². The maximum absolute atomic E-state index is 12.0. The van der Waals surface area contributed by atoms with Gasteiger partial charge in [-0.3, -0.25) is 14.5 Å². The van der Waals surface area contributed by atoms with Crippen LogP contribution in [-0.2, 0) is 19.0 Å². The number of carbonyl (C=O) groups excluding carboxylic acids is 1. The Morgan fingerprint density at radius 3 is 2.75 bits per heavy atom. The molecule has 2 aliphatic carbocycles. The van der Waals surface area contributed by atoms with E-state index in [2.05, 4.69) is 42.9 Å². The Labute approximate surface area is 210 Å². The van der Waals surface area contributed by atoms with Gasteiger partial charge in [-0.25, -0.2) is 9.97 Å². The van der Waals surface area contributed by atoms with Gasteiger partial charge in [0.05, 0.1) is 28.3 Å². The van der Waals surface area contributed by atoms with Crippen LogP contribution in [0.25, 0.3) is 16.7 Å². The highest BCUT2D eigenvalue weighted by molar-refractivity contribution is 5.94. The topological polar surface area (TPSA) is 117 Å². The zero-order valence-electron chi connectivity index (χ0n) is 20.8. The van der Waals surface area contributed by atoms with Crippen molar-refractivity contribution in [3.8, 4) is 5.69 Å². The van der Waals surface area contributed by atoms with Gasteiger partial charge < -0.3 is 15.6 Å². The first-order chi connectivity index (χ1) is 17.4. The molecule has 0 spiro atoms. The van der Waals surface area contributed by atoms with Crippen molar-refractivity contribution >= 4 is 16.9 Å². The van der Waals surface area contributed by atoms with Crippen LogP contribution in [-0.4, -0.2) is 41.8 Å². The number of hydrogen-bond acceptors (Lipinski definition) is 6. The average molecular weight is 485 g/mol. The molecule has 0 saturated heterocycles. The third kappa shape index (κ3) is 3.87. The number of nitrogens with one attached hydrogen (secondary N) is 1. The molecule has 36 heavy (non-hydrogen) atoms. The van der Waals surface area contributed by atoms with Gasteiger partial charge in [0.2, 0.25) is 0 Å². The number of carbonyl (C=O) groups is 1. The maximum Gasteiger partial charge on any atom is 0.267 e. The first kappa shape index (κ1) is 22.8. The highest BCUT2D eigenvalue weighted by Gasteiger charge is 2.48. The van der Waals surface area contributed by atoms with Crippen molar-refractivity contribution in [2.75, 3.05) is 6.54 Å². The fourth-order valence-corrected chi connectivity index (χ4v) is 5.87. The summed E-state index contributed by atoms with van der Waals surface area (Å²) in [5.41, 5.74) is 10.5. The molecule has 4 aromatic rings. The zero-order valence-corrected chi connectivity index (χ0v) is 20.8. The number of hydrogen-bond donors (Lipinski definition) is 2. The van der Waals surface area contributed by atoms with Crippen molar-refractivity contribution in [2.24, 2.45) is 24.6 Å². The summed E-state index contributed by atoms with van der Waals surface area (Å²) in [6.07, 6.45) is 13.5. The molecule has 0 aliphatic heterocycles. The molecule has 0 atom stereocenters. The molecule has 2 saturated carbocycles. The number of aromatic nitrogens is 6. The summed E-state index contributed by atoms with van der Waals surface area (Å²) in [7, 11) is 1.90. The Morgan fingerprint density at radius 1 is 1.25 bits per heavy atom. The Morgan fingerprint density at radius 2 is 2.08 bits per heavy atom. The van der Waals surface area contributed by atoms with E-state index in [0.717, 1.165) is 59.0 Å². The monoisotopic (exact) mass is 484 g/mol. The summed E-state index contributed by atoms with van der Waals surface area (Å²) in [4.78, 5) is 25.8. The summed E-state index contributed by atoms with van der Waals surface area (Å²) >= 11 is 0. The minimum atomic E-state index is -0.516. The standard InChI is InChI=1S/C27H32N8O/c1-17-10-27(11-17,26-31-16-34(2)33-26)20-9-21(15-30-14-20)35-7-6-22-24(35)19(8-23(32-22)25(28)36)13-29-12-18-4-3-5-18/h6-9,14-18,29H,3-5,10-13H2,1-2H3,(H2,28,36). The van der Waals surface area contributed by atoms with Crippen LogP contribution in [0.4, 0.5) is 0 Å². The van der Waals surface area contributed by atoms with E-state index in [-0.39, 0.29) is 11.1 Å². The molecule has 1 amide bonds. The van der Waals surface area contributed by atoms with Crippen LogP contribution in [0.3, 0.4) is 0 Å². The first-order valence-corrected chi connectivity index (χ1v) is 12.8. The quantitative estimate of drug-likeness (QED) is 0.397. The summed E-state index contributed by atoms with van der Waals surface area (Å²) in [6, 6.07) is 5.95. The minimum Gasteiger partial charge on any atom is -0.364 e. The van der Waals surface area contributed by atoms with Gasteiger partial charge in [0, 0.05) is 26.0 Å². The van der Waals surface area contributed by atoms with Crippen molar-refractivity contribution < 1.29 is 4.79 Å². The second-order valence-corrected chi connectivity index (χ2v) is 10.6. The Hall–Kier alpha value is -3.59. The molecule has 0 radical (unpaired) electrons. The molecule has 0 bridgehead atoms. The second-order valence-electron chi connectivity index (χ2n) is 10.6. The summed E-state index contributed by atoms with van der Waals surface area (Å²) in [5.74, 6) is 1.69. The fourth-order valence-electron chi connectivity index (χ4n) is 5.87. The van der Waals surface area contributed by atoms with Gasteiger partial charge in [-0.05, 0) is 73.4 Å². The molecular formula is C27H32N8O. The highest BCUT2D eigenvalue weighted by Crippen LogP contribution is 2.51. The van der Waals surface area contributed by atoms with Gasteiger partial charge in [-0.1, -0.05) is 13.3 Å². The number of nitrogens with two attached hydrogens (primary N) is 1. The van der Waals surface area contributed by atoms with Crippen LogP contribution < -0.4 is 11.1 Å². The van der Waals surface area contributed by atoms with E-state index in [1.54, 1.807) is 11.0 Å². The van der Waals surface area contributed by atoms with Gasteiger partial charge in [0.1, 0.15) is 12.0 Å². The molecule has 0 unspecified atom stereocenters. The Bertz CT molecular complexity index is 1430. The zero-order chi connectivity index (χ0) is 24.9. The normalized spacial score (nSPS) is 21.9. The van der Waals surface area contributed by atoms with E-state index >= 15 is 0 Å². The average Bonchev–Trinajstić information content (AvgIpc) is 3.45. The lowest BCUT2D eigenvalue weighted by Gasteiger charge is -2.44. The van der Waals surface area contributed by atoms with Crippen LogP contribution in [0.15, 0.2) is 43.1 Å². The predicted molar refractivity (Wildman–Crippen MR) is 137 cm³/mol. The molecular weight excluding hydrogens is 452 g/mol. The fraction of sp³-hybridized carbons (Fsp3) is 0.444. The number of fused-ring (bicyclic) bond motifs is 1. The first-order valence-electron chi connectivity index (χ1n) is 12.8. The van der Waals surface area contributed by atoms with Crippen LogP contribution in [0, 0.1) is 11.8 Å². The van der Waals surface area contributed by atoms with Crippen LogP contribution in [0.2, 0.25) is 0 Å². The lowest BCUT2D eigenvalue weighted by molar-refractivity contribution is 0.0996. The van der Waals surface area contributed by atoms with Gasteiger partial charge in [0.25, 0.3) is 5.91 Å². The van der Waals surface area contributed by atoms with E-state index in [9.17, 15) is 4.79 Å². The van der Waals surface area contributed by atoms with E-state index in [0.29, 0.717) is 12.5 Å². The van der Waals surface area contributed by atoms with Crippen LogP contribution in [0.5, 0.6) is 0 Å². The Balaban J connectivity index is 1.40. The number of nitrogens with zero attached hydrogens (tertiary/aromatic N) is 6. The lowest BCUT2D eigenvalue weighted by Crippen LogP contribution is -2.42. The minimum absolute atomic E-state index is 0.225. The molecule has 2 fully saturated rings. The van der Waals surface area contributed by atoms with Gasteiger partial charge >= 0.3 is 0 Å². The molecule has 4 heterocycles. The number of rotatable bonds is 8. The third-order valence-electron chi connectivity index (χ3n) is 7.92. The molecule has 3 N–H and O–H groups in total. The number of pyridine rings is 2. The smallest absolute Gasteiger partial charge is 0.267 e. The van der Waals surface area contributed by atoms with Crippen molar-refractivity contribution in [3.63, 3.8) is 0 Å². The van der Waals surface area contributed by atoms with Crippen LogP contribution in [0.1, 0.15) is 66.5 Å². The van der Waals surface area contributed by atoms with E-state index in [4.69, 9.17) is 5.73 Å². The van der Waals surface area contributed by atoms with Gasteiger partial charge in [0.15, 0.2) is 5.82 Å². The molecule has 4 aromatic heterocycles. The molecule has 9 heteroatoms. The third-order valence-corrected chi connectivity index (χ3v) is 7.92. The lowest BCUT2D eigenvalue weighted by atomic mass is 9.59. The highest BCUT2D eigenvalue weighted by atomic mass is 16.1. The predicted octanol–water partition coefficient (Wildman–Crippen LogP) is 3.25. The Kier molecular flexibility index (Phi) is 5.59. The number of aryl methyl sites for hydroxylation is 1. The van der Waals surface area contributed by atoms with E-state index in [1.807, 2.05) is 37.8 Å². The summed E-state index contributed by atoms with van der Waals surface area (Å²) < 4.78 is 3.88. The largest absolute Gasteiger partial charge is 0.364 e. The summed E-state index contributed by atoms with van der Waals surface area (Å²) in [6.45, 7) is 3.89. The van der Waals surface area contributed by atoms with Crippen molar-refractivity contribution in [3.05, 3.63) is 65.8 Å². The SMILES string of the molecule is CC1CC(c2cncc(-n3ccc4nc(C(N)=O)cc(CNCC5CCC5)c43)c2)(c2ncn(C)n2)C1. The van der Waals surface area contributed by atoms with Gasteiger partial charge in [-0.2, -0.15) is 5.10 Å². The number of primary amides is 1. The molecule has 2 aliphatic rings. The molecule has 186 valence electrons. The maximum atomic E-state index is 12.0. The van der Waals surface area contributed by atoms with Gasteiger partial charge in [-0.15, -0.1) is 0 Å². The molecule has 9 nitrogen and oxygen atoms in total.